The molecule has 7 atom stereocenters. The molecule has 0 amide bonds. The summed E-state index contributed by atoms with van der Waals surface area (Å²) in [7, 11) is 0. The summed E-state index contributed by atoms with van der Waals surface area (Å²) >= 11 is 0. The van der Waals surface area contributed by atoms with E-state index in [-0.39, 0.29) is 47.2 Å². The normalized spacial score (nSPS) is 16.0. The molecular weight excluding hydrogens is 675 g/mol. The minimum atomic E-state index is -0.928. The Bertz CT molecular complexity index is 1750. The Hall–Kier alpha value is -4.35. The topological polar surface area (TPSA) is 101 Å². The lowest BCUT2D eigenvalue weighted by Crippen LogP contribution is -2.27. The van der Waals surface area contributed by atoms with E-state index >= 15 is 0 Å². The maximum atomic E-state index is 10.4. The summed E-state index contributed by atoms with van der Waals surface area (Å²) in [6.07, 6.45) is -0.429. The molecule has 0 aliphatic heterocycles. The average Bonchev–Trinajstić information content (AvgIpc) is 3.10. The van der Waals surface area contributed by atoms with Gasteiger partial charge in [-0.3, -0.25) is 0 Å². The first-order valence-corrected chi connectivity index (χ1v) is 19.3. The van der Waals surface area contributed by atoms with E-state index in [4.69, 9.17) is 18.9 Å². The predicted molar refractivity (Wildman–Crippen MR) is 216 cm³/mol. The van der Waals surface area contributed by atoms with Gasteiger partial charge in [0.1, 0.15) is 22.8 Å². The molecule has 7 unspecified atom stereocenters. The number of nitriles is 1. The number of hydrogen-bond acceptors (Lipinski definition) is 7. The second-order valence-electron chi connectivity index (χ2n) is 16.3. The third-order valence-electron chi connectivity index (χ3n) is 9.75. The van der Waals surface area contributed by atoms with Crippen LogP contribution in [0.1, 0.15) is 139 Å². The van der Waals surface area contributed by atoms with Gasteiger partial charge in [0.05, 0.1) is 17.6 Å². The summed E-state index contributed by atoms with van der Waals surface area (Å²) in [6, 6.07) is 35.2. The van der Waals surface area contributed by atoms with Crippen LogP contribution in [0.4, 0.5) is 0 Å². The molecule has 0 saturated carbocycles. The Morgan fingerprint density at radius 3 is 1.50 bits per heavy atom. The third-order valence-corrected chi connectivity index (χ3v) is 9.75. The molecule has 4 aromatic carbocycles. The van der Waals surface area contributed by atoms with Gasteiger partial charge in [-0.1, -0.05) is 74.5 Å². The van der Waals surface area contributed by atoms with Crippen molar-refractivity contribution < 1.29 is 29.2 Å². The zero-order valence-corrected chi connectivity index (χ0v) is 33.9. The molecule has 0 spiro atoms. The summed E-state index contributed by atoms with van der Waals surface area (Å²) in [5.41, 5.74) is 4.74. The fourth-order valence-electron chi connectivity index (χ4n) is 7.26. The highest BCUT2D eigenvalue weighted by molar-refractivity contribution is 5.42. The molecule has 7 heteroatoms. The van der Waals surface area contributed by atoms with Crippen molar-refractivity contribution >= 4 is 0 Å². The maximum absolute atomic E-state index is 10.4. The van der Waals surface area contributed by atoms with Crippen LogP contribution in [-0.4, -0.2) is 40.6 Å². The van der Waals surface area contributed by atoms with Crippen LogP contribution in [0, 0.1) is 11.3 Å². The van der Waals surface area contributed by atoms with E-state index < -0.39 is 11.9 Å². The lowest BCUT2D eigenvalue weighted by atomic mass is 9.66. The summed E-state index contributed by atoms with van der Waals surface area (Å²) in [6.45, 7) is 20.8. The van der Waals surface area contributed by atoms with Crippen LogP contribution in [0.25, 0.3) is 0 Å². The molecular formula is C47H61NO6. The van der Waals surface area contributed by atoms with Crippen molar-refractivity contribution in [3.05, 3.63) is 125 Å². The molecule has 0 aromatic heterocycles. The smallest absolute Gasteiger partial charge is 0.196 e. The molecule has 0 aliphatic rings. The highest BCUT2D eigenvalue weighted by atomic mass is 16.7. The molecule has 290 valence electrons. The van der Waals surface area contributed by atoms with Gasteiger partial charge < -0.3 is 29.2 Å². The van der Waals surface area contributed by atoms with E-state index in [2.05, 4.69) is 80.6 Å². The first-order valence-electron chi connectivity index (χ1n) is 19.3. The number of aromatic hydroxyl groups is 1. The minimum absolute atomic E-state index is 0.00753. The predicted octanol–water partition coefficient (Wildman–Crippen LogP) is 11.3. The molecule has 0 saturated heterocycles. The van der Waals surface area contributed by atoms with Crippen LogP contribution < -0.4 is 9.47 Å². The van der Waals surface area contributed by atoms with Crippen LogP contribution >= 0.6 is 0 Å². The second kappa shape index (κ2) is 18.8. The van der Waals surface area contributed by atoms with Crippen LogP contribution in [0.5, 0.6) is 17.2 Å². The fraction of sp³-hybridized carbons (Fsp3) is 0.468. The van der Waals surface area contributed by atoms with E-state index in [1.807, 2.05) is 79.7 Å². The number of ether oxygens (including phenoxy) is 4. The largest absolute Gasteiger partial charge is 0.508 e. The Balaban J connectivity index is 1.77. The summed E-state index contributed by atoms with van der Waals surface area (Å²) in [5.74, 6) is 1.55. The van der Waals surface area contributed by atoms with Crippen molar-refractivity contribution in [3.63, 3.8) is 0 Å². The summed E-state index contributed by atoms with van der Waals surface area (Å²) in [5, 5.41) is 30.7. The van der Waals surface area contributed by atoms with Crippen LogP contribution in [-0.2, 0) is 9.47 Å². The molecule has 4 aromatic rings. The van der Waals surface area contributed by atoms with Crippen molar-refractivity contribution in [1.82, 2.24) is 0 Å². The van der Waals surface area contributed by atoms with Gasteiger partial charge in [-0.2, -0.15) is 5.26 Å². The van der Waals surface area contributed by atoms with E-state index in [1.165, 1.54) is 5.56 Å². The van der Waals surface area contributed by atoms with Crippen molar-refractivity contribution in [3.8, 4) is 23.3 Å². The minimum Gasteiger partial charge on any atom is -0.508 e. The van der Waals surface area contributed by atoms with Gasteiger partial charge in [-0.25, -0.2) is 0 Å². The number of aliphatic hydroxyl groups excluding tert-OH is 1. The molecule has 0 fully saturated rings. The number of aliphatic hydroxyl groups is 1. The Morgan fingerprint density at radius 1 is 0.611 bits per heavy atom. The SMILES string of the molecule is CCOC(C)Oc1ccc(C(C(C)c2ccc(O)cc2)C(c2ccc(OC(C)(C)C)cc2)C(C)c2ccc(C(C#N)CCC(O)OC(C)(C)C)cc2)cc1. The standard InChI is InChI=1S/C47H61NO6/c1-11-51-33(4)52-41-25-18-37(19-26-41)45(32(3)35-16-23-40(49)24-17-35)44(38-20-27-42(28-21-38)53-46(5,6)7)31(2)34-12-14-36(15-13-34)39(30-48)22-29-43(50)54-47(8,9)10/h12-21,23-28,31-33,39,43-45,49-50H,11,22,29H2,1-10H3. The highest BCUT2D eigenvalue weighted by Crippen LogP contribution is 2.50. The number of benzene rings is 4. The van der Waals surface area contributed by atoms with Crippen molar-refractivity contribution in [2.24, 2.45) is 0 Å². The Labute approximate surface area is 323 Å². The van der Waals surface area contributed by atoms with Gasteiger partial charge in [0.2, 0.25) is 0 Å². The second-order valence-corrected chi connectivity index (χ2v) is 16.3. The molecule has 2 N–H and O–H groups in total. The Kier molecular flexibility index (Phi) is 14.8. The van der Waals surface area contributed by atoms with Gasteiger partial charge in [0.15, 0.2) is 12.6 Å². The monoisotopic (exact) mass is 735 g/mol. The summed E-state index contributed by atoms with van der Waals surface area (Å²) in [4.78, 5) is 0. The molecule has 0 aliphatic carbocycles. The number of phenols is 1. The van der Waals surface area contributed by atoms with Crippen molar-refractivity contribution in [2.75, 3.05) is 6.61 Å². The zero-order chi connectivity index (χ0) is 39.6. The Morgan fingerprint density at radius 2 is 1.06 bits per heavy atom. The average molecular weight is 736 g/mol. The van der Waals surface area contributed by atoms with Gasteiger partial charge in [0.25, 0.3) is 0 Å². The molecule has 0 bridgehead atoms. The molecule has 4 rings (SSSR count). The van der Waals surface area contributed by atoms with Crippen molar-refractivity contribution in [1.29, 1.82) is 5.26 Å². The van der Waals surface area contributed by atoms with Crippen LogP contribution in [0.15, 0.2) is 97.1 Å². The lowest BCUT2D eigenvalue weighted by molar-refractivity contribution is -0.168. The summed E-state index contributed by atoms with van der Waals surface area (Å²) < 4.78 is 23.6. The molecule has 7 nitrogen and oxygen atoms in total. The molecule has 0 heterocycles. The van der Waals surface area contributed by atoms with E-state index in [0.717, 1.165) is 33.8 Å². The number of hydrogen-bond donors (Lipinski definition) is 2. The number of rotatable bonds is 17. The highest BCUT2D eigenvalue weighted by Gasteiger charge is 2.35. The van der Waals surface area contributed by atoms with Crippen molar-refractivity contribution in [2.45, 2.75) is 135 Å². The number of nitrogens with zero attached hydrogens (tertiary/aromatic N) is 1. The first kappa shape index (κ1) is 42.4. The van der Waals surface area contributed by atoms with Crippen LogP contribution in [0.3, 0.4) is 0 Å². The molecule has 0 radical (unpaired) electrons. The van der Waals surface area contributed by atoms with E-state index in [0.29, 0.717) is 19.4 Å². The fourth-order valence-corrected chi connectivity index (χ4v) is 7.26. The molecule has 54 heavy (non-hydrogen) atoms. The van der Waals surface area contributed by atoms with Gasteiger partial charge >= 0.3 is 0 Å². The maximum Gasteiger partial charge on any atom is 0.196 e. The first-order chi connectivity index (χ1) is 25.5. The van der Waals surface area contributed by atoms with Gasteiger partial charge in [0, 0.05) is 6.61 Å². The third kappa shape index (κ3) is 12.3. The van der Waals surface area contributed by atoms with Crippen LogP contribution in [0.2, 0.25) is 0 Å². The lowest BCUT2D eigenvalue weighted by Gasteiger charge is -2.37. The van der Waals surface area contributed by atoms with Gasteiger partial charge in [-0.15, -0.1) is 0 Å². The zero-order valence-electron chi connectivity index (χ0n) is 33.9. The van der Waals surface area contributed by atoms with Gasteiger partial charge in [-0.05, 0) is 156 Å². The number of phenolic OH excluding ortho intramolecular Hbond substituents is 1. The quantitative estimate of drug-likeness (QED) is 0.104. The van der Waals surface area contributed by atoms with E-state index in [1.54, 1.807) is 12.1 Å². The van der Waals surface area contributed by atoms with E-state index in [9.17, 15) is 15.5 Å².